The quantitative estimate of drug-likeness (QED) is 0.692. The number of alkyl carbamates (subject to hydrolysis) is 1. The summed E-state index contributed by atoms with van der Waals surface area (Å²) in [6.07, 6.45) is 1.62. The minimum absolute atomic E-state index is 0.0361. The smallest absolute Gasteiger partial charge is 0.407 e. The fourth-order valence-electron chi connectivity index (χ4n) is 3.56. The number of carbonyl (C=O) groups excluding carboxylic acids is 2. The highest BCUT2D eigenvalue weighted by molar-refractivity contribution is 8.18. The lowest BCUT2D eigenvalue weighted by Gasteiger charge is -2.36. The van der Waals surface area contributed by atoms with Gasteiger partial charge in [-0.3, -0.25) is 4.79 Å². The second-order valence-electron chi connectivity index (χ2n) is 9.18. The van der Waals surface area contributed by atoms with Crippen LogP contribution in [0.25, 0.3) is 0 Å². The molecule has 0 aromatic rings. The maximum Gasteiger partial charge on any atom is 0.407 e. The summed E-state index contributed by atoms with van der Waals surface area (Å²) < 4.78 is 10.8. The molecule has 2 aliphatic heterocycles. The van der Waals surface area contributed by atoms with Crippen LogP contribution in [0.5, 0.6) is 0 Å². The molecule has 2 amide bonds. The van der Waals surface area contributed by atoms with Crippen LogP contribution in [0.3, 0.4) is 0 Å². The molecule has 0 aromatic carbocycles. The number of nitrogens with one attached hydrogen (secondary N) is 1. The molecular formula is C20H36N2O4S2. The minimum atomic E-state index is -0.639. The van der Waals surface area contributed by atoms with Gasteiger partial charge < -0.3 is 19.7 Å². The fourth-order valence-corrected chi connectivity index (χ4v) is 6.98. The van der Waals surface area contributed by atoms with Gasteiger partial charge in [0, 0.05) is 13.7 Å². The van der Waals surface area contributed by atoms with Gasteiger partial charge in [0.15, 0.2) is 0 Å². The molecule has 6 nitrogen and oxygen atoms in total. The molecule has 2 rings (SSSR count). The van der Waals surface area contributed by atoms with Crippen molar-refractivity contribution in [2.24, 2.45) is 11.3 Å². The number of ether oxygens (including phenoxy) is 2. The van der Waals surface area contributed by atoms with Crippen molar-refractivity contribution in [3.63, 3.8) is 0 Å². The van der Waals surface area contributed by atoms with Crippen molar-refractivity contribution in [3.8, 4) is 0 Å². The lowest BCUT2D eigenvalue weighted by molar-refractivity contribution is -0.137. The molecule has 8 heteroatoms. The predicted octanol–water partition coefficient (Wildman–Crippen LogP) is 3.60. The molecule has 0 aromatic heterocycles. The van der Waals surface area contributed by atoms with E-state index in [-0.39, 0.29) is 21.9 Å². The molecule has 2 atom stereocenters. The zero-order chi connectivity index (χ0) is 20.9. The van der Waals surface area contributed by atoms with Crippen LogP contribution in [0, 0.1) is 11.3 Å². The largest absolute Gasteiger partial charge is 0.449 e. The molecule has 1 N–H and O–H groups in total. The van der Waals surface area contributed by atoms with Gasteiger partial charge in [0.1, 0.15) is 6.04 Å². The average Bonchev–Trinajstić information content (AvgIpc) is 2.95. The van der Waals surface area contributed by atoms with Crippen molar-refractivity contribution in [2.45, 2.75) is 63.6 Å². The third-order valence-electron chi connectivity index (χ3n) is 4.98. The zero-order valence-corrected chi connectivity index (χ0v) is 19.7. The highest BCUT2D eigenvalue weighted by Crippen LogP contribution is 2.50. The van der Waals surface area contributed by atoms with Crippen molar-refractivity contribution in [3.05, 3.63) is 0 Å². The first-order chi connectivity index (χ1) is 13.1. The highest BCUT2D eigenvalue weighted by Gasteiger charge is 2.50. The third-order valence-corrected chi connectivity index (χ3v) is 8.32. The number of thioether (sulfide) groups is 2. The van der Waals surface area contributed by atoms with E-state index in [0.717, 1.165) is 17.9 Å². The Morgan fingerprint density at radius 3 is 2.43 bits per heavy atom. The molecule has 2 heterocycles. The summed E-state index contributed by atoms with van der Waals surface area (Å²) >= 11 is 3.94. The van der Waals surface area contributed by atoms with Crippen LogP contribution in [0.15, 0.2) is 0 Å². The van der Waals surface area contributed by atoms with E-state index in [4.69, 9.17) is 9.47 Å². The van der Waals surface area contributed by atoms with E-state index in [1.165, 1.54) is 6.42 Å². The van der Waals surface area contributed by atoms with Crippen molar-refractivity contribution in [1.82, 2.24) is 10.2 Å². The number of amides is 2. The first-order valence-corrected chi connectivity index (χ1v) is 12.1. The van der Waals surface area contributed by atoms with E-state index in [2.05, 4.69) is 5.32 Å². The van der Waals surface area contributed by atoms with E-state index < -0.39 is 17.6 Å². The van der Waals surface area contributed by atoms with Crippen LogP contribution < -0.4 is 5.32 Å². The highest BCUT2D eigenvalue weighted by atomic mass is 32.2. The monoisotopic (exact) mass is 432 g/mol. The minimum Gasteiger partial charge on any atom is -0.449 e. The van der Waals surface area contributed by atoms with Crippen molar-refractivity contribution in [2.75, 3.05) is 38.4 Å². The van der Waals surface area contributed by atoms with Gasteiger partial charge in [-0.05, 0) is 35.7 Å². The molecule has 162 valence electrons. The zero-order valence-electron chi connectivity index (χ0n) is 18.1. The Labute approximate surface area is 178 Å². The second kappa shape index (κ2) is 9.94. The second-order valence-corrected chi connectivity index (χ2v) is 12.4. The van der Waals surface area contributed by atoms with Gasteiger partial charge >= 0.3 is 6.09 Å². The van der Waals surface area contributed by atoms with E-state index in [9.17, 15) is 9.59 Å². The van der Waals surface area contributed by atoms with Gasteiger partial charge in [-0.1, -0.05) is 34.6 Å². The van der Waals surface area contributed by atoms with Crippen LogP contribution in [0.4, 0.5) is 4.79 Å². The van der Waals surface area contributed by atoms with Gasteiger partial charge in [-0.15, -0.1) is 23.5 Å². The number of hydrogen-bond acceptors (Lipinski definition) is 6. The Morgan fingerprint density at radius 1 is 1.25 bits per heavy atom. The lowest BCUT2D eigenvalue weighted by atomic mass is 9.85. The van der Waals surface area contributed by atoms with Crippen LogP contribution in [0.2, 0.25) is 0 Å². The van der Waals surface area contributed by atoms with Gasteiger partial charge in [0.25, 0.3) is 0 Å². The normalized spacial score (nSPS) is 23.1. The number of methoxy groups -OCH3 is 1. The van der Waals surface area contributed by atoms with E-state index >= 15 is 0 Å². The van der Waals surface area contributed by atoms with E-state index in [1.54, 1.807) is 7.11 Å². The topological polar surface area (TPSA) is 67.9 Å². The molecule has 0 aliphatic carbocycles. The molecule has 28 heavy (non-hydrogen) atoms. The Morgan fingerprint density at radius 2 is 1.89 bits per heavy atom. The molecule has 0 saturated carbocycles. The number of carbonyl (C=O) groups is 2. The maximum atomic E-state index is 13.6. The van der Waals surface area contributed by atoms with Gasteiger partial charge in [-0.25, -0.2) is 4.79 Å². The van der Waals surface area contributed by atoms with Crippen molar-refractivity contribution < 1.29 is 19.1 Å². The van der Waals surface area contributed by atoms with Crippen molar-refractivity contribution in [1.29, 1.82) is 0 Å². The lowest BCUT2D eigenvalue weighted by Crippen LogP contribution is -2.56. The molecule has 1 unspecified atom stereocenters. The van der Waals surface area contributed by atoms with Gasteiger partial charge in [0.2, 0.25) is 5.91 Å². The SMILES string of the molecule is COC[C@@H]1CC2(CN1C(=O)C(NC(=O)OCC(C)C)C(C)(C)C)SCCCS2. The Kier molecular flexibility index (Phi) is 8.40. The summed E-state index contributed by atoms with van der Waals surface area (Å²) in [5.41, 5.74) is -0.422. The van der Waals surface area contributed by atoms with Crippen molar-refractivity contribution >= 4 is 35.5 Å². The molecule has 0 radical (unpaired) electrons. The predicted molar refractivity (Wildman–Crippen MR) is 117 cm³/mol. The van der Waals surface area contributed by atoms with Crippen LogP contribution in [-0.2, 0) is 14.3 Å². The average molecular weight is 433 g/mol. The number of nitrogens with zero attached hydrogens (tertiary/aromatic N) is 1. The first kappa shape index (κ1) is 23.7. The Balaban J connectivity index is 2.15. The molecule has 2 fully saturated rings. The molecule has 1 spiro atoms. The van der Waals surface area contributed by atoms with Crippen LogP contribution in [-0.4, -0.2) is 71.4 Å². The maximum absolute atomic E-state index is 13.6. The standard InChI is InChI=1S/C20H36N2O4S2/c1-14(2)11-26-18(24)21-16(19(3,4)5)17(23)22-13-20(10-15(22)12-25-6)27-8-7-9-28-20/h14-16H,7-13H2,1-6H3,(H,21,24)/t15-,16?/m0/s1. The van der Waals surface area contributed by atoms with Crippen LogP contribution >= 0.6 is 23.5 Å². The van der Waals surface area contributed by atoms with E-state index in [1.807, 2.05) is 63.0 Å². The molecule has 2 saturated heterocycles. The Bertz CT molecular complexity index is 545. The fraction of sp³-hybridized carbons (Fsp3) is 0.900. The number of rotatable bonds is 6. The number of hydrogen-bond donors (Lipinski definition) is 1. The molecular weight excluding hydrogens is 396 g/mol. The van der Waals surface area contributed by atoms with Gasteiger partial charge in [-0.2, -0.15) is 0 Å². The first-order valence-electron chi connectivity index (χ1n) is 10.1. The van der Waals surface area contributed by atoms with Crippen LogP contribution in [0.1, 0.15) is 47.5 Å². The van der Waals surface area contributed by atoms with Gasteiger partial charge in [0.05, 0.1) is 23.3 Å². The summed E-state index contributed by atoms with van der Waals surface area (Å²) in [6, 6.07) is -0.603. The summed E-state index contributed by atoms with van der Waals surface area (Å²) in [5, 5.41) is 2.84. The summed E-state index contributed by atoms with van der Waals surface area (Å²) in [7, 11) is 1.68. The Hall–Kier alpha value is -0.600. The summed E-state index contributed by atoms with van der Waals surface area (Å²) in [4.78, 5) is 27.8. The molecule has 0 bridgehead atoms. The third kappa shape index (κ3) is 6.20. The summed E-state index contributed by atoms with van der Waals surface area (Å²) in [6.45, 7) is 11.4. The number of likely N-dealkylation sites (tertiary alicyclic amines) is 1. The van der Waals surface area contributed by atoms with E-state index in [0.29, 0.717) is 19.8 Å². The molecule has 2 aliphatic rings. The summed E-state index contributed by atoms with van der Waals surface area (Å²) in [5.74, 6) is 2.48.